The van der Waals surface area contributed by atoms with E-state index in [1.807, 2.05) is 0 Å². The van der Waals surface area contributed by atoms with E-state index in [0.29, 0.717) is 28.4 Å². The van der Waals surface area contributed by atoms with Crippen molar-refractivity contribution in [2.75, 3.05) is 29.5 Å². The predicted molar refractivity (Wildman–Crippen MR) is 109 cm³/mol. The maximum Gasteiger partial charge on any atom is 0.337 e. The number of carbonyl (C=O) groups is 2. The summed E-state index contributed by atoms with van der Waals surface area (Å²) in [4.78, 5) is 23.7. The Hall–Kier alpha value is -2.58. The lowest BCUT2D eigenvalue weighted by molar-refractivity contribution is -0.116. The van der Waals surface area contributed by atoms with Crippen molar-refractivity contribution in [2.24, 2.45) is 0 Å². The summed E-state index contributed by atoms with van der Waals surface area (Å²) in [5, 5.41) is 3.19. The maximum absolute atomic E-state index is 12.2. The molecule has 28 heavy (non-hydrogen) atoms. The molecule has 0 radical (unpaired) electrons. The molecule has 0 heterocycles. The van der Waals surface area contributed by atoms with Crippen molar-refractivity contribution in [3.05, 3.63) is 59.1 Å². The summed E-state index contributed by atoms with van der Waals surface area (Å²) in [5.41, 5.74) is 1.27. The van der Waals surface area contributed by atoms with Crippen molar-refractivity contribution >= 4 is 44.9 Å². The van der Waals surface area contributed by atoms with Crippen LogP contribution in [0.4, 0.5) is 11.4 Å². The Morgan fingerprint density at radius 3 is 2.43 bits per heavy atom. The molecular weight excluding hydrogens is 404 g/mol. The van der Waals surface area contributed by atoms with Gasteiger partial charge >= 0.3 is 5.97 Å². The summed E-state index contributed by atoms with van der Waals surface area (Å²) < 4.78 is 30.0. The molecule has 0 aliphatic carbocycles. The molecule has 0 atom stereocenters. The van der Waals surface area contributed by atoms with Crippen molar-refractivity contribution in [1.82, 2.24) is 0 Å². The molecule has 0 saturated heterocycles. The fraction of sp³-hybridized carbons (Fsp3) is 0.263. The minimum Gasteiger partial charge on any atom is -0.465 e. The van der Waals surface area contributed by atoms with E-state index in [0.717, 1.165) is 6.26 Å². The zero-order valence-electron chi connectivity index (χ0n) is 15.5. The average Bonchev–Trinajstić information content (AvgIpc) is 2.65. The molecule has 0 aliphatic heterocycles. The van der Waals surface area contributed by atoms with E-state index in [1.165, 1.54) is 17.5 Å². The van der Waals surface area contributed by atoms with Gasteiger partial charge in [0.25, 0.3) is 0 Å². The second-order valence-electron chi connectivity index (χ2n) is 6.04. The van der Waals surface area contributed by atoms with E-state index in [9.17, 15) is 18.0 Å². The highest BCUT2D eigenvalue weighted by molar-refractivity contribution is 7.92. The van der Waals surface area contributed by atoms with Gasteiger partial charge in [0.15, 0.2) is 0 Å². The van der Waals surface area contributed by atoms with Crippen LogP contribution in [0, 0.1) is 0 Å². The van der Waals surface area contributed by atoms with Gasteiger partial charge in [-0.05, 0) is 48.9 Å². The SMILES string of the molecule is COC(=O)c1cccc(NC(=O)CCCN(c2ccc(Cl)cc2)S(C)(=O)=O)c1. The molecule has 2 aromatic carbocycles. The van der Waals surface area contributed by atoms with Crippen LogP contribution >= 0.6 is 11.6 Å². The molecule has 150 valence electrons. The Bertz CT molecular complexity index is 945. The smallest absolute Gasteiger partial charge is 0.337 e. The number of rotatable bonds is 8. The second kappa shape index (κ2) is 9.57. The van der Waals surface area contributed by atoms with Gasteiger partial charge in [0, 0.05) is 23.7 Å². The third-order valence-electron chi connectivity index (χ3n) is 3.85. The summed E-state index contributed by atoms with van der Waals surface area (Å²) >= 11 is 5.84. The number of ether oxygens (including phenoxy) is 1. The monoisotopic (exact) mass is 424 g/mol. The van der Waals surface area contributed by atoms with Crippen LogP contribution in [0.1, 0.15) is 23.2 Å². The molecule has 1 N–H and O–H groups in total. The second-order valence-corrected chi connectivity index (χ2v) is 8.38. The number of benzene rings is 2. The van der Waals surface area contributed by atoms with Gasteiger partial charge in [-0.3, -0.25) is 9.10 Å². The highest BCUT2D eigenvalue weighted by Gasteiger charge is 2.17. The average molecular weight is 425 g/mol. The first-order valence-corrected chi connectivity index (χ1v) is 10.6. The molecular formula is C19H21ClN2O5S. The Morgan fingerprint density at radius 1 is 1.14 bits per heavy atom. The lowest BCUT2D eigenvalue weighted by atomic mass is 10.2. The van der Waals surface area contributed by atoms with Crippen molar-refractivity contribution in [3.8, 4) is 0 Å². The molecule has 0 saturated carbocycles. The zero-order valence-corrected chi connectivity index (χ0v) is 17.1. The number of anilines is 2. The normalized spacial score (nSPS) is 11.0. The van der Waals surface area contributed by atoms with Crippen LogP contribution in [0.15, 0.2) is 48.5 Å². The number of nitrogens with zero attached hydrogens (tertiary/aromatic N) is 1. The van der Waals surface area contributed by atoms with Crippen molar-refractivity contribution in [1.29, 1.82) is 0 Å². The molecule has 9 heteroatoms. The lowest BCUT2D eigenvalue weighted by Crippen LogP contribution is -2.31. The van der Waals surface area contributed by atoms with Gasteiger partial charge in [0.2, 0.25) is 15.9 Å². The topological polar surface area (TPSA) is 92.8 Å². The first-order valence-electron chi connectivity index (χ1n) is 8.42. The molecule has 0 bridgehead atoms. The van der Waals surface area contributed by atoms with Gasteiger partial charge in [0.1, 0.15) is 0 Å². The number of carbonyl (C=O) groups excluding carboxylic acids is 2. The minimum atomic E-state index is -3.50. The number of hydrogen-bond donors (Lipinski definition) is 1. The maximum atomic E-state index is 12.2. The quantitative estimate of drug-likeness (QED) is 0.656. The van der Waals surface area contributed by atoms with Crippen LogP contribution in [0.2, 0.25) is 5.02 Å². The van der Waals surface area contributed by atoms with E-state index in [2.05, 4.69) is 10.1 Å². The van der Waals surface area contributed by atoms with E-state index in [1.54, 1.807) is 42.5 Å². The Morgan fingerprint density at radius 2 is 1.82 bits per heavy atom. The van der Waals surface area contributed by atoms with Crippen LogP contribution in [0.3, 0.4) is 0 Å². The molecule has 0 unspecified atom stereocenters. The number of sulfonamides is 1. The van der Waals surface area contributed by atoms with Gasteiger partial charge in [-0.1, -0.05) is 17.7 Å². The third-order valence-corrected chi connectivity index (χ3v) is 5.29. The third kappa shape index (κ3) is 6.24. The number of amides is 1. The zero-order chi connectivity index (χ0) is 20.7. The molecule has 2 rings (SSSR count). The number of esters is 1. The number of methoxy groups -OCH3 is 1. The molecule has 7 nitrogen and oxygen atoms in total. The molecule has 2 aromatic rings. The number of halogens is 1. The van der Waals surface area contributed by atoms with Crippen LogP contribution in [-0.2, 0) is 19.6 Å². The van der Waals surface area contributed by atoms with Crippen LogP contribution in [0.5, 0.6) is 0 Å². The number of hydrogen-bond acceptors (Lipinski definition) is 5. The first kappa shape index (κ1) is 21.7. The van der Waals surface area contributed by atoms with Gasteiger partial charge in [-0.15, -0.1) is 0 Å². The summed E-state index contributed by atoms with van der Waals surface area (Å²) in [6.45, 7) is 0.149. The van der Waals surface area contributed by atoms with E-state index < -0.39 is 16.0 Å². The largest absolute Gasteiger partial charge is 0.465 e. The summed E-state index contributed by atoms with van der Waals surface area (Å²) in [7, 11) is -2.22. The van der Waals surface area contributed by atoms with Crippen LogP contribution in [-0.4, -0.2) is 40.2 Å². The van der Waals surface area contributed by atoms with Crippen molar-refractivity contribution in [3.63, 3.8) is 0 Å². The summed E-state index contributed by atoms with van der Waals surface area (Å²) in [5.74, 6) is -0.783. The Kier molecular flexibility index (Phi) is 7.42. The fourth-order valence-electron chi connectivity index (χ4n) is 2.54. The van der Waals surface area contributed by atoms with Crippen molar-refractivity contribution < 1.29 is 22.7 Å². The fourth-order valence-corrected chi connectivity index (χ4v) is 3.63. The Balaban J connectivity index is 1.96. The minimum absolute atomic E-state index is 0.113. The summed E-state index contributed by atoms with van der Waals surface area (Å²) in [6, 6.07) is 12.8. The molecule has 1 amide bonds. The van der Waals surface area contributed by atoms with E-state index in [4.69, 9.17) is 11.6 Å². The molecule has 0 aromatic heterocycles. The molecule has 0 spiro atoms. The van der Waals surface area contributed by atoms with Gasteiger partial charge in [-0.2, -0.15) is 0 Å². The van der Waals surface area contributed by atoms with E-state index >= 15 is 0 Å². The lowest BCUT2D eigenvalue weighted by Gasteiger charge is -2.22. The highest BCUT2D eigenvalue weighted by Crippen LogP contribution is 2.21. The van der Waals surface area contributed by atoms with Gasteiger partial charge in [-0.25, -0.2) is 13.2 Å². The standard InChI is InChI=1S/C19H21ClN2O5S/c1-27-19(24)14-5-3-6-16(13-14)21-18(23)7-4-12-22(28(2,25)26)17-10-8-15(20)9-11-17/h3,5-6,8-11,13H,4,7,12H2,1-2H3,(H,21,23). The van der Waals surface area contributed by atoms with Crippen molar-refractivity contribution in [2.45, 2.75) is 12.8 Å². The highest BCUT2D eigenvalue weighted by atomic mass is 35.5. The predicted octanol–water partition coefficient (Wildman–Crippen LogP) is 3.31. The van der Waals surface area contributed by atoms with Gasteiger partial charge in [0.05, 0.1) is 24.6 Å². The van der Waals surface area contributed by atoms with E-state index in [-0.39, 0.29) is 18.9 Å². The Labute approximate surface area is 169 Å². The van der Waals surface area contributed by atoms with Crippen LogP contribution < -0.4 is 9.62 Å². The van der Waals surface area contributed by atoms with Gasteiger partial charge < -0.3 is 10.1 Å². The number of nitrogens with one attached hydrogen (secondary N) is 1. The molecule has 0 fully saturated rings. The molecule has 0 aliphatic rings. The summed E-state index contributed by atoms with van der Waals surface area (Å²) in [6.07, 6.45) is 1.54. The van der Waals surface area contributed by atoms with Crippen LogP contribution in [0.25, 0.3) is 0 Å². The first-order chi connectivity index (χ1) is 13.2.